The Hall–Kier alpha value is -1.82. The van der Waals surface area contributed by atoms with Crippen LogP contribution in [0.3, 0.4) is 0 Å². The van der Waals surface area contributed by atoms with Crippen LogP contribution < -0.4 is 10.6 Å². The van der Waals surface area contributed by atoms with Gasteiger partial charge >= 0.3 is 5.97 Å². The second kappa shape index (κ2) is 5.89. The highest BCUT2D eigenvalue weighted by atomic mass is 16.5. The van der Waals surface area contributed by atoms with Gasteiger partial charge in [0.2, 0.25) is 0 Å². The van der Waals surface area contributed by atoms with Gasteiger partial charge in [-0.15, -0.1) is 0 Å². The van der Waals surface area contributed by atoms with Gasteiger partial charge in [0.05, 0.1) is 17.9 Å². The second-order valence-corrected chi connectivity index (χ2v) is 5.59. The summed E-state index contributed by atoms with van der Waals surface area (Å²) in [5.74, 6) is 0.338. The first-order chi connectivity index (χ1) is 10.2. The quantitative estimate of drug-likeness (QED) is 0.841. The first-order valence-corrected chi connectivity index (χ1v) is 7.61. The van der Waals surface area contributed by atoms with Crippen molar-refractivity contribution in [1.29, 1.82) is 0 Å². The molecule has 0 aromatic carbocycles. The number of piperazine rings is 1. The van der Waals surface area contributed by atoms with Crippen molar-refractivity contribution < 1.29 is 9.53 Å². The smallest absolute Gasteiger partial charge is 0.340 e. The molecule has 114 valence electrons. The molecule has 6 nitrogen and oxygen atoms in total. The highest BCUT2D eigenvalue weighted by molar-refractivity contribution is 5.97. The number of nitrogen functional groups attached to an aromatic ring is 1. The molecule has 3 rings (SSSR count). The lowest BCUT2D eigenvalue weighted by Gasteiger charge is -2.38. The molecule has 2 saturated heterocycles. The molecule has 0 bridgehead atoms. The molecule has 2 aliphatic heterocycles. The summed E-state index contributed by atoms with van der Waals surface area (Å²) in [4.78, 5) is 21.0. The van der Waals surface area contributed by atoms with E-state index in [1.165, 1.54) is 19.4 Å². The van der Waals surface area contributed by atoms with E-state index in [1.807, 2.05) is 0 Å². The van der Waals surface area contributed by atoms with Gasteiger partial charge < -0.3 is 15.4 Å². The first kappa shape index (κ1) is 14.1. The number of esters is 1. The molecule has 1 unspecified atom stereocenters. The van der Waals surface area contributed by atoms with E-state index in [1.54, 1.807) is 19.2 Å². The van der Waals surface area contributed by atoms with E-state index in [0.717, 1.165) is 19.6 Å². The topological polar surface area (TPSA) is 71.7 Å². The maximum Gasteiger partial charge on any atom is 0.340 e. The third kappa shape index (κ3) is 2.68. The van der Waals surface area contributed by atoms with Crippen molar-refractivity contribution >= 4 is 17.5 Å². The van der Waals surface area contributed by atoms with Gasteiger partial charge in [0.1, 0.15) is 0 Å². The number of carbonyl (C=O) groups is 1. The Bertz CT molecular complexity index is 534. The molecule has 0 aliphatic carbocycles. The number of hydrogen-bond donors (Lipinski definition) is 1. The van der Waals surface area contributed by atoms with Gasteiger partial charge in [0, 0.05) is 31.9 Å². The summed E-state index contributed by atoms with van der Waals surface area (Å²) in [6, 6.07) is 2.22. The molecule has 6 heteroatoms. The lowest BCUT2D eigenvalue weighted by atomic mass is 10.1. The van der Waals surface area contributed by atoms with Gasteiger partial charge in [-0.2, -0.15) is 0 Å². The predicted molar refractivity (Wildman–Crippen MR) is 81.4 cm³/mol. The molecular formula is C15H22N4O2. The summed E-state index contributed by atoms with van der Waals surface area (Å²) in [6.45, 7) is 6.20. The molecule has 2 fully saturated rings. The molecular weight excluding hydrogens is 268 g/mol. The molecule has 1 atom stereocenters. The monoisotopic (exact) mass is 290 g/mol. The summed E-state index contributed by atoms with van der Waals surface area (Å²) < 4.78 is 5.05. The van der Waals surface area contributed by atoms with E-state index in [-0.39, 0.29) is 5.97 Å². The Morgan fingerprint density at radius 3 is 3.14 bits per heavy atom. The van der Waals surface area contributed by atoms with Crippen LogP contribution in [0.5, 0.6) is 0 Å². The fourth-order valence-corrected chi connectivity index (χ4v) is 3.28. The summed E-state index contributed by atoms with van der Waals surface area (Å²) in [6.07, 6.45) is 4.14. The van der Waals surface area contributed by atoms with Crippen LogP contribution in [-0.4, -0.2) is 54.7 Å². The molecule has 2 aliphatic rings. The zero-order chi connectivity index (χ0) is 14.8. The molecule has 2 N–H and O–H groups in total. The zero-order valence-electron chi connectivity index (χ0n) is 12.4. The van der Waals surface area contributed by atoms with E-state index < -0.39 is 0 Å². The van der Waals surface area contributed by atoms with Gasteiger partial charge in [-0.3, -0.25) is 4.90 Å². The average Bonchev–Trinajstić information content (AvgIpc) is 2.95. The number of ether oxygens (including phenoxy) is 1. The molecule has 1 aromatic rings. The van der Waals surface area contributed by atoms with Crippen LogP contribution in [0.1, 0.15) is 30.1 Å². The largest absolute Gasteiger partial charge is 0.462 e. The lowest BCUT2D eigenvalue weighted by molar-refractivity contribution is 0.0527. The Kier molecular flexibility index (Phi) is 3.96. The normalized spacial score (nSPS) is 22.1. The minimum atomic E-state index is -0.377. The molecule has 0 radical (unpaired) electrons. The van der Waals surface area contributed by atoms with E-state index in [9.17, 15) is 4.79 Å². The van der Waals surface area contributed by atoms with Crippen LogP contribution in [0, 0.1) is 0 Å². The van der Waals surface area contributed by atoms with Crippen LogP contribution in [0.2, 0.25) is 0 Å². The number of aromatic nitrogens is 1. The van der Waals surface area contributed by atoms with Crippen LogP contribution in [-0.2, 0) is 4.74 Å². The van der Waals surface area contributed by atoms with Gasteiger partial charge in [0.15, 0.2) is 5.82 Å². The van der Waals surface area contributed by atoms with Crippen molar-refractivity contribution in [3.05, 3.63) is 17.8 Å². The summed E-state index contributed by atoms with van der Waals surface area (Å²) in [5.41, 5.74) is 7.01. The number of carbonyl (C=O) groups excluding carboxylic acids is 1. The number of hydrogen-bond acceptors (Lipinski definition) is 6. The van der Waals surface area contributed by atoms with Crippen molar-refractivity contribution in [3.8, 4) is 0 Å². The molecule has 0 amide bonds. The van der Waals surface area contributed by atoms with Gasteiger partial charge in [-0.25, -0.2) is 9.78 Å². The number of nitrogens with two attached hydrogens (primary N) is 1. The summed E-state index contributed by atoms with van der Waals surface area (Å²) in [5, 5.41) is 0. The van der Waals surface area contributed by atoms with E-state index >= 15 is 0 Å². The van der Waals surface area contributed by atoms with Crippen molar-refractivity contribution in [2.45, 2.75) is 25.8 Å². The van der Waals surface area contributed by atoms with Crippen molar-refractivity contribution in [2.24, 2.45) is 0 Å². The minimum Gasteiger partial charge on any atom is -0.462 e. The third-order valence-electron chi connectivity index (χ3n) is 4.35. The highest BCUT2D eigenvalue weighted by Gasteiger charge is 2.32. The van der Waals surface area contributed by atoms with E-state index in [0.29, 0.717) is 29.7 Å². The number of pyridine rings is 1. The average molecular weight is 290 g/mol. The minimum absolute atomic E-state index is 0.344. The number of rotatable bonds is 3. The molecule has 3 heterocycles. The standard InChI is InChI=1S/C15H22N4O2/c1-2-21-15(20)12-5-6-17-14(13(12)16)19-9-8-18-7-3-4-11(18)10-19/h5-6,11H,2-4,7-10,16H2,1H3. The molecule has 0 spiro atoms. The molecule has 1 aromatic heterocycles. The first-order valence-electron chi connectivity index (χ1n) is 7.61. The van der Waals surface area contributed by atoms with Crippen molar-refractivity contribution in [3.63, 3.8) is 0 Å². The number of nitrogens with zero attached hydrogens (tertiary/aromatic N) is 3. The van der Waals surface area contributed by atoms with Gasteiger partial charge in [0.25, 0.3) is 0 Å². The summed E-state index contributed by atoms with van der Waals surface area (Å²) >= 11 is 0. The van der Waals surface area contributed by atoms with E-state index in [4.69, 9.17) is 10.5 Å². The van der Waals surface area contributed by atoms with Crippen LogP contribution in [0.4, 0.5) is 11.5 Å². The van der Waals surface area contributed by atoms with Crippen LogP contribution >= 0.6 is 0 Å². The second-order valence-electron chi connectivity index (χ2n) is 5.59. The fourth-order valence-electron chi connectivity index (χ4n) is 3.28. The Morgan fingerprint density at radius 1 is 1.48 bits per heavy atom. The number of fused-ring (bicyclic) bond motifs is 1. The van der Waals surface area contributed by atoms with Crippen LogP contribution in [0.15, 0.2) is 12.3 Å². The van der Waals surface area contributed by atoms with Gasteiger partial charge in [-0.05, 0) is 32.4 Å². The highest BCUT2D eigenvalue weighted by Crippen LogP contribution is 2.29. The van der Waals surface area contributed by atoms with Crippen LogP contribution in [0.25, 0.3) is 0 Å². The fraction of sp³-hybridized carbons (Fsp3) is 0.600. The number of anilines is 2. The van der Waals surface area contributed by atoms with Gasteiger partial charge in [-0.1, -0.05) is 0 Å². The predicted octanol–water partition coefficient (Wildman–Crippen LogP) is 1.12. The zero-order valence-corrected chi connectivity index (χ0v) is 12.4. The molecule has 0 saturated carbocycles. The SMILES string of the molecule is CCOC(=O)c1ccnc(N2CCN3CCCC3C2)c1N. The summed E-state index contributed by atoms with van der Waals surface area (Å²) in [7, 11) is 0. The lowest BCUT2D eigenvalue weighted by Crippen LogP contribution is -2.50. The molecule has 21 heavy (non-hydrogen) atoms. The maximum absolute atomic E-state index is 11.9. The van der Waals surface area contributed by atoms with Crippen molar-refractivity contribution in [2.75, 3.05) is 43.4 Å². The maximum atomic E-state index is 11.9. The Labute approximate surface area is 124 Å². The van der Waals surface area contributed by atoms with Crippen molar-refractivity contribution in [1.82, 2.24) is 9.88 Å². The van der Waals surface area contributed by atoms with E-state index in [2.05, 4.69) is 14.8 Å². The Balaban J connectivity index is 1.82. The Morgan fingerprint density at radius 2 is 2.33 bits per heavy atom. The third-order valence-corrected chi connectivity index (χ3v) is 4.35.